The molecule has 0 aliphatic rings. The standard InChI is InChI=1S/C16H20N6O/c1-12-16(13(2)21(20-12)7-8-23)9-18-14-3-5-15(6-4-14)22-11-17-10-19-22/h3-6,10-11,18,23H,7-9H2,1-2H3. The zero-order valence-corrected chi connectivity index (χ0v) is 13.3. The first kappa shape index (κ1) is 15.2. The van der Waals surface area contributed by atoms with Gasteiger partial charge in [0.05, 0.1) is 24.5 Å². The largest absolute Gasteiger partial charge is 0.394 e. The summed E-state index contributed by atoms with van der Waals surface area (Å²) < 4.78 is 3.57. The lowest BCUT2D eigenvalue weighted by Gasteiger charge is -2.08. The van der Waals surface area contributed by atoms with E-state index in [1.54, 1.807) is 11.0 Å². The van der Waals surface area contributed by atoms with E-state index in [1.165, 1.54) is 11.9 Å². The molecule has 2 N–H and O–H groups in total. The molecule has 0 aliphatic heterocycles. The van der Waals surface area contributed by atoms with Crippen LogP contribution in [0.1, 0.15) is 17.0 Å². The fourth-order valence-corrected chi connectivity index (χ4v) is 2.57. The third-order valence-corrected chi connectivity index (χ3v) is 3.86. The molecular weight excluding hydrogens is 292 g/mol. The summed E-state index contributed by atoms with van der Waals surface area (Å²) >= 11 is 0. The van der Waals surface area contributed by atoms with Crippen molar-refractivity contribution in [3.63, 3.8) is 0 Å². The van der Waals surface area contributed by atoms with Crippen molar-refractivity contribution in [1.29, 1.82) is 0 Å². The van der Waals surface area contributed by atoms with Gasteiger partial charge in [0.25, 0.3) is 0 Å². The summed E-state index contributed by atoms with van der Waals surface area (Å²) in [6.45, 7) is 5.34. The van der Waals surface area contributed by atoms with E-state index in [2.05, 4.69) is 20.5 Å². The second kappa shape index (κ2) is 6.62. The highest BCUT2D eigenvalue weighted by Crippen LogP contribution is 2.17. The molecule has 0 saturated carbocycles. The lowest BCUT2D eigenvalue weighted by Crippen LogP contribution is -2.07. The Balaban J connectivity index is 1.69. The Hall–Kier alpha value is -2.67. The Labute approximate surface area is 134 Å². The van der Waals surface area contributed by atoms with E-state index in [4.69, 9.17) is 5.11 Å². The molecule has 2 aromatic heterocycles. The molecule has 0 amide bonds. The summed E-state index contributed by atoms with van der Waals surface area (Å²) in [6, 6.07) is 8.01. The second-order valence-electron chi connectivity index (χ2n) is 5.34. The van der Waals surface area contributed by atoms with Crippen LogP contribution in [0.15, 0.2) is 36.9 Å². The number of aliphatic hydroxyl groups excluding tert-OH is 1. The van der Waals surface area contributed by atoms with Gasteiger partial charge in [-0.05, 0) is 38.1 Å². The Bertz CT molecular complexity index is 761. The predicted molar refractivity (Wildman–Crippen MR) is 87.5 cm³/mol. The fourth-order valence-electron chi connectivity index (χ4n) is 2.57. The zero-order valence-electron chi connectivity index (χ0n) is 13.3. The first-order chi connectivity index (χ1) is 11.2. The summed E-state index contributed by atoms with van der Waals surface area (Å²) in [6.07, 6.45) is 3.19. The summed E-state index contributed by atoms with van der Waals surface area (Å²) in [7, 11) is 0. The highest BCUT2D eigenvalue weighted by atomic mass is 16.3. The van der Waals surface area contributed by atoms with Crippen molar-refractivity contribution in [2.24, 2.45) is 0 Å². The number of hydrogen-bond acceptors (Lipinski definition) is 5. The van der Waals surface area contributed by atoms with Crippen LogP contribution in [0, 0.1) is 13.8 Å². The van der Waals surface area contributed by atoms with Crippen LogP contribution in [0.3, 0.4) is 0 Å². The molecule has 1 aromatic carbocycles. The molecule has 0 saturated heterocycles. The highest BCUT2D eigenvalue weighted by molar-refractivity contribution is 5.49. The number of nitrogens with one attached hydrogen (secondary N) is 1. The maximum atomic E-state index is 9.07. The van der Waals surface area contributed by atoms with Crippen molar-refractivity contribution in [2.45, 2.75) is 26.9 Å². The van der Waals surface area contributed by atoms with Crippen LogP contribution in [-0.2, 0) is 13.1 Å². The van der Waals surface area contributed by atoms with Gasteiger partial charge >= 0.3 is 0 Å². The fraction of sp³-hybridized carbons (Fsp3) is 0.312. The van der Waals surface area contributed by atoms with Gasteiger partial charge in [0.15, 0.2) is 0 Å². The smallest absolute Gasteiger partial charge is 0.138 e. The predicted octanol–water partition coefficient (Wildman–Crippen LogP) is 1.69. The maximum Gasteiger partial charge on any atom is 0.138 e. The number of hydrogen-bond donors (Lipinski definition) is 2. The molecule has 0 unspecified atom stereocenters. The van der Waals surface area contributed by atoms with Gasteiger partial charge in [-0.15, -0.1) is 0 Å². The van der Waals surface area contributed by atoms with Crippen LogP contribution in [0.2, 0.25) is 0 Å². The number of anilines is 1. The Morgan fingerprint density at radius 3 is 2.61 bits per heavy atom. The Morgan fingerprint density at radius 1 is 1.17 bits per heavy atom. The van der Waals surface area contributed by atoms with E-state index in [-0.39, 0.29) is 6.61 Å². The van der Waals surface area contributed by atoms with Crippen molar-refractivity contribution in [3.05, 3.63) is 53.9 Å². The maximum absolute atomic E-state index is 9.07. The van der Waals surface area contributed by atoms with Crippen LogP contribution in [-0.4, -0.2) is 36.3 Å². The SMILES string of the molecule is Cc1nn(CCO)c(C)c1CNc1ccc(-n2cncn2)cc1. The van der Waals surface area contributed by atoms with Gasteiger partial charge in [0.1, 0.15) is 12.7 Å². The molecule has 2 heterocycles. The number of aryl methyl sites for hydroxylation is 1. The monoisotopic (exact) mass is 312 g/mol. The summed E-state index contributed by atoms with van der Waals surface area (Å²) in [5, 5.41) is 21.0. The minimum Gasteiger partial charge on any atom is -0.394 e. The van der Waals surface area contributed by atoms with Gasteiger partial charge in [-0.25, -0.2) is 9.67 Å². The number of benzene rings is 1. The molecule has 23 heavy (non-hydrogen) atoms. The number of aromatic nitrogens is 5. The molecule has 7 heteroatoms. The van der Waals surface area contributed by atoms with Gasteiger partial charge in [-0.3, -0.25) is 4.68 Å². The lowest BCUT2D eigenvalue weighted by molar-refractivity contribution is 0.268. The number of rotatable bonds is 6. The molecule has 0 radical (unpaired) electrons. The Morgan fingerprint density at radius 2 is 1.96 bits per heavy atom. The molecule has 3 rings (SSSR count). The molecule has 0 aliphatic carbocycles. The van der Waals surface area contributed by atoms with Crippen molar-refractivity contribution < 1.29 is 5.11 Å². The first-order valence-corrected chi connectivity index (χ1v) is 7.51. The first-order valence-electron chi connectivity index (χ1n) is 7.51. The van der Waals surface area contributed by atoms with Crippen LogP contribution >= 0.6 is 0 Å². The van der Waals surface area contributed by atoms with Crippen LogP contribution < -0.4 is 5.32 Å². The van der Waals surface area contributed by atoms with E-state index >= 15 is 0 Å². The summed E-state index contributed by atoms with van der Waals surface area (Å²) in [5.41, 5.74) is 5.24. The van der Waals surface area contributed by atoms with E-state index in [0.29, 0.717) is 13.1 Å². The normalized spacial score (nSPS) is 10.9. The highest BCUT2D eigenvalue weighted by Gasteiger charge is 2.10. The van der Waals surface area contributed by atoms with Gasteiger partial charge in [0.2, 0.25) is 0 Å². The number of nitrogens with zero attached hydrogens (tertiary/aromatic N) is 5. The van der Waals surface area contributed by atoms with E-state index in [1.807, 2.05) is 42.8 Å². The van der Waals surface area contributed by atoms with Gasteiger partial charge in [-0.1, -0.05) is 0 Å². The zero-order chi connectivity index (χ0) is 16.2. The van der Waals surface area contributed by atoms with Gasteiger partial charge in [-0.2, -0.15) is 10.2 Å². The van der Waals surface area contributed by atoms with Crippen LogP contribution in [0.5, 0.6) is 0 Å². The van der Waals surface area contributed by atoms with Crippen LogP contribution in [0.25, 0.3) is 5.69 Å². The molecule has 0 bridgehead atoms. The molecular formula is C16H20N6O. The van der Waals surface area contributed by atoms with Crippen molar-refractivity contribution in [2.75, 3.05) is 11.9 Å². The van der Waals surface area contributed by atoms with Gasteiger partial charge < -0.3 is 10.4 Å². The topological polar surface area (TPSA) is 80.8 Å². The molecule has 7 nitrogen and oxygen atoms in total. The molecule has 0 spiro atoms. The second-order valence-corrected chi connectivity index (χ2v) is 5.34. The van der Waals surface area contributed by atoms with Crippen molar-refractivity contribution in [1.82, 2.24) is 24.5 Å². The lowest BCUT2D eigenvalue weighted by atomic mass is 10.2. The number of aliphatic hydroxyl groups is 1. The quantitative estimate of drug-likeness (QED) is 0.724. The summed E-state index contributed by atoms with van der Waals surface area (Å²) in [5.74, 6) is 0. The van der Waals surface area contributed by atoms with Crippen molar-refractivity contribution >= 4 is 5.69 Å². The van der Waals surface area contributed by atoms with E-state index in [9.17, 15) is 0 Å². The van der Waals surface area contributed by atoms with E-state index < -0.39 is 0 Å². The minimum atomic E-state index is 0.0958. The van der Waals surface area contributed by atoms with Crippen LogP contribution in [0.4, 0.5) is 5.69 Å². The summed E-state index contributed by atoms with van der Waals surface area (Å²) in [4.78, 5) is 3.94. The molecule has 3 aromatic rings. The Kier molecular flexibility index (Phi) is 4.38. The van der Waals surface area contributed by atoms with Crippen molar-refractivity contribution in [3.8, 4) is 5.69 Å². The third-order valence-electron chi connectivity index (χ3n) is 3.86. The third kappa shape index (κ3) is 3.24. The minimum absolute atomic E-state index is 0.0958. The average Bonchev–Trinajstić information content (AvgIpc) is 3.17. The average molecular weight is 312 g/mol. The molecule has 120 valence electrons. The molecule has 0 fully saturated rings. The van der Waals surface area contributed by atoms with Gasteiger partial charge in [0, 0.05) is 23.5 Å². The van der Waals surface area contributed by atoms with E-state index in [0.717, 1.165) is 22.8 Å². The molecule has 0 atom stereocenters.